The van der Waals surface area contributed by atoms with Crippen molar-refractivity contribution < 1.29 is 44.3 Å². The lowest BCUT2D eigenvalue weighted by atomic mass is 9.98. The Bertz CT molecular complexity index is 879. The second-order valence-corrected chi connectivity index (χ2v) is 10.4. The Morgan fingerprint density at radius 1 is 1.23 bits per heavy atom. The van der Waals surface area contributed by atoms with Gasteiger partial charge in [0.1, 0.15) is 15.4 Å². The van der Waals surface area contributed by atoms with Crippen molar-refractivity contribution in [1.29, 1.82) is 0 Å². The van der Waals surface area contributed by atoms with Gasteiger partial charge in [0.15, 0.2) is 0 Å². The number of aliphatic hydroxyl groups excluding tert-OH is 2. The Balaban J connectivity index is 2.11. The van der Waals surface area contributed by atoms with E-state index in [1.165, 1.54) is 30.6 Å². The summed E-state index contributed by atoms with van der Waals surface area (Å²) in [4.78, 5) is 50.9. The van der Waals surface area contributed by atoms with Gasteiger partial charge in [0.2, 0.25) is 5.91 Å². The lowest BCUT2D eigenvalue weighted by Crippen LogP contribution is -2.80. The molecule has 0 radical (unpaired) electrons. The summed E-state index contributed by atoms with van der Waals surface area (Å²) >= 11 is 7.76. The van der Waals surface area contributed by atoms with Crippen molar-refractivity contribution in [2.24, 2.45) is 0 Å². The molecule has 2 rings (SSSR count). The highest BCUT2D eigenvalue weighted by molar-refractivity contribution is 8.23. The number of aliphatic hydroxyl groups is 2. The van der Waals surface area contributed by atoms with E-state index < -0.39 is 34.9 Å². The molecule has 5 N–H and O–H groups in total. The number of ether oxygens (including phenoxy) is 1. The van der Waals surface area contributed by atoms with Crippen LogP contribution in [0.15, 0.2) is 11.3 Å². The molecule has 0 saturated carbocycles. The molecule has 0 aliphatic carbocycles. The van der Waals surface area contributed by atoms with Gasteiger partial charge in [-0.1, -0.05) is 24.0 Å². The summed E-state index contributed by atoms with van der Waals surface area (Å²) in [6.45, 7) is 0.137. The predicted octanol–water partition coefficient (Wildman–Crippen LogP) is -0.351. The number of amides is 2. The summed E-state index contributed by atoms with van der Waals surface area (Å²) in [6.07, 6.45) is 0.563. The summed E-state index contributed by atoms with van der Waals surface area (Å²) in [5, 5.41) is 38.7. The van der Waals surface area contributed by atoms with Crippen LogP contribution in [0.2, 0.25) is 0 Å². The van der Waals surface area contributed by atoms with Gasteiger partial charge in [0.05, 0.1) is 13.2 Å². The van der Waals surface area contributed by atoms with Crippen molar-refractivity contribution in [2.45, 2.75) is 36.8 Å². The van der Waals surface area contributed by atoms with Gasteiger partial charge in [-0.2, -0.15) is 0 Å². The van der Waals surface area contributed by atoms with Gasteiger partial charge >= 0.3 is 11.9 Å². The SMILES string of the molecule is CO[C@@]1(NC(=O)CCCCC(=O)O)C(=O)N2C(C(=O)O)=C(CSC(=S)N(CCO)CCO)CS[C@H]21. The zero-order chi connectivity index (χ0) is 26.2. The van der Waals surface area contributed by atoms with Crippen LogP contribution in [0.25, 0.3) is 0 Å². The molecule has 35 heavy (non-hydrogen) atoms. The Hall–Kier alpha value is -1.91. The molecule has 2 aliphatic rings. The number of nitrogens with zero attached hydrogens (tertiary/aromatic N) is 2. The van der Waals surface area contributed by atoms with Crippen molar-refractivity contribution in [2.75, 3.05) is 44.9 Å². The number of methoxy groups -OCH3 is 1. The van der Waals surface area contributed by atoms with Crippen LogP contribution >= 0.6 is 35.7 Å². The van der Waals surface area contributed by atoms with Crippen LogP contribution in [-0.4, -0.2) is 114 Å². The maximum atomic E-state index is 13.1. The maximum Gasteiger partial charge on any atom is 0.352 e. The minimum Gasteiger partial charge on any atom is -0.481 e. The number of carboxylic acid groups (broad SMARTS) is 2. The van der Waals surface area contributed by atoms with E-state index in [1.54, 1.807) is 4.90 Å². The van der Waals surface area contributed by atoms with E-state index in [-0.39, 0.29) is 56.3 Å². The van der Waals surface area contributed by atoms with Crippen LogP contribution in [0, 0.1) is 0 Å². The quantitative estimate of drug-likeness (QED) is 0.0820. The van der Waals surface area contributed by atoms with Gasteiger partial charge in [-0.3, -0.25) is 19.3 Å². The first-order chi connectivity index (χ1) is 16.6. The normalized spacial score (nSPS) is 21.3. The number of thioether (sulfide) groups is 2. The van der Waals surface area contributed by atoms with E-state index in [9.17, 15) is 24.3 Å². The third kappa shape index (κ3) is 6.86. The van der Waals surface area contributed by atoms with E-state index in [4.69, 9.17) is 32.3 Å². The second kappa shape index (κ2) is 13.4. The number of aliphatic carboxylic acids is 2. The fourth-order valence-electron chi connectivity index (χ4n) is 3.66. The van der Waals surface area contributed by atoms with Gasteiger partial charge in [-0.05, 0) is 18.4 Å². The monoisotopic (exact) mass is 551 g/mol. The number of carbonyl (C=O) groups excluding carboxylic acids is 2. The summed E-state index contributed by atoms with van der Waals surface area (Å²) in [6, 6.07) is 0. The number of fused-ring (bicyclic) bond motifs is 1. The van der Waals surface area contributed by atoms with Crippen molar-refractivity contribution in [3.63, 3.8) is 0 Å². The molecule has 0 bridgehead atoms. The van der Waals surface area contributed by atoms with Crippen LogP contribution in [0.4, 0.5) is 0 Å². The van der Waals surface area contributed by atoms with Gasteiger partial charge in [0, 0.05) is 44.5 Å². The molecule has 0 aromatic rings. The fraction of sp³-hybridized carbons (Fsp3) is 0.650. The highest BCUT2D eigenvalue weighted by Crippen LogP contribution is 2.47. The molecule has 1 saturated heterocycles. The minimum atomic E-state index is -1.71. The van der Waals surface area contributed by atoms with Crippen molar-refractivity contribution in [3.8, 4) is 0 Å². The number of hydrogen-bond donors (Lipinski definition) is 5. The van der Waals surface area contributed by atoms with Gasteiger partial charge in [-0.15, -0.1) is 11.8 Å². The number of rotatable bonds is 14. The molecule has 0 spiro atoms. The topological polar surface area (TPSA) is 177 Å². The summed E-state index contributed by atoms with van der Waals surface area (Å²) in [7, 11) is 1.26. The molecule has 2 amide bonds. The molecular formula is C20H29N3O9S3. The second-order valence-electron chi connectivity index (χ2n) is 7.67. The van der Waals surface area contributed by atoms with Crippen LogP contribution in [0.3, 0.4) is 0 Å². The zero-order valence-corrected chi connectivity index (χ0v) is 21.5. The molecule has 1 fully saturated rings. The third-order valence-electron chi connectivity index (χ3n) is 5.37. The van der Waals surface area contributed by atoms with Crippen LogP contribution in [-0.2, 0) is 23.9 Å². The molecule has 2 heterocycles. The number of carbonyl (C=O) groups is 4. The largest absolute Gasteiger partial charge is 0.481 e. The number of unbranched alkanes of at least 4 members (excludes halogenated alkanes) is 1. The van der Waals surface area contributed by atoms with E-state index in [1.807, 2.05) is 0 Å². The Kier molecular flexibility index (Phi) is 11.2. The first-order valence-corrected chi connectivity index (χ1v) is 13.2. The molecule has 0 aromatic carbocycles. The Morgan fingerprint density at radius 3 is 2.40 bits per heavy atom. The molecular weight excluding hydrogens is 522 g/mol. The summed E-state index contributed by atoms with van der Waals surface area (Å²) in [5.74, 6) is -3.01. The first kappa shape index (κ1) is 29.3. The van der Waals surface area contributed by atoms with Crippen LogP contribution in [0.5, 0.6) is 0 Å². The third-order valence-corrected chi connectivity index (χ3v) is 8.36. The number of thiocarbonyl (C=S) groups is 1. The minimum absolute atomic E-state index is 0.00218. The molecule has 2 aliphatic heterocycles. The summed E-state index contributed by atoms with van der Waals surface area (Å²) in [5.41, 5.74) is -1.42. The van der Waals surface area contributed by atoms with Crippen molar-refractivity contribution in [3.05, 3.63) is 11.3 Å². The molecule has 0 aromatic heterocycles. The molecule has 0 unspecified atom stereocenters. The van der Waals surface area contributed by atoms with Crippen molar-refractivity contribution in [1.82, 2.24) is 15.1 Å². The molecule has 2 atom stereocenters. The average Bonchev–Trinajstić information content (AvgIpc) is 2.82. The predicted molar refractivity (Wildman–Crippen MR) is 133 cm³/mol. The zero-order valence-electron chi connectivity index (χ0n) is 19.1. The van der Waals surface area contributed by atoms with E-state index >= 15 is 0 Å². The standard InChI is InChI=1S/C20H29N3O9S3/c1-32-20(21-13(26)4-2-3-5-14(27)28)17(31)23-15(16(29)30)12(10-34-18(20)23)11-35-19(33)22(6-8-24)7-9-25/h18,24-25H,2-11H2,1H3,(H,21,26)(H,27,28)(H,29,30)/t18-,20-/m0/s1. The lowest BCUT2D eigenvalue weighted by molar-refractivity contribution is -0.192. The van der Waals surface area contributed by atoms with Crippen molar-refractivity contribution >= 4 is 63.8 Å². The number of nitrogens with one attached hydrogen (secondary N) is 1. The van der Waals surface area contributed by atoms with E-state index in [2.05, 4.69) is 5.32 Å². The number of hydrogen-bond acceptors (Lipinski definition) is 10. The first-order valence-electron chi connectivity index (χ1n) is 10.7. The Morgan fingerprint density at radius 2 is 1.86 bits per heavy atom. The van der Waals surface area contributed by atoms with Gasteiger partial charge in [0.25, 0.3) is 11.6 Å². The van der Waals surface area contributed by atoms with Crippen LogP contribution < -0.4 is 5.32 Å². The van der Waals surface area contributed by atoms with E-state index in [0.29, 0.717) is 22.7 Å². The van der Waals surface area contributed by atoms with E-state index in [0.717, 1.165) is 4.90 Å². The van der Waals surface area contributed by atoms with Gasteiger partial charge in [-0.25, -0.2) is 4.79 Å². The molecule has 15 heteroatoms. The fourth-order valence-corrected chi connectivity index (χ4v) is 6.49. The smallest absolute Gasteiger partial charge is 0.352 e. The Labute approximate surface area is 216 Å². The average molecular weight is 552 g/mol. The van der Waals surface area contributed by atoms with Gasteiger partial charge < -0.3 is 35.4 Å². The maximum absolute atomic E-state index is 13.1. The molecule has 196 valence electrons. The lowest BCUT2D eigenvalue weighted by Gasteiger charge is -2.55. The molecule has 12 nitrogen and oxygen atoms in total. The number of carboxylic acids is 2. The number of β-lactam (4-membered cyclic amide) rings is 1. The summed E-state index contributed by atoms with van der Waals surface area (Å²) < 4.78 is 5.77. The highest BCUT2D eigenvalue weighted by atomic mass is 32.2. The van der Waals surface area contributed by atoms with Crippen LogP contribution in [0.1, 0.15) is 25.7 Å². The highest BCUT2D eigenvalue weighted by Gasteiger charge is 2.66.